The summed E-state index contributed by atoms with van der Waals surface area (Å²) in [5, 5.41) is 2.84. The van der Waals surface area contributed by atoms with E-state index in [4.69, 9.17) is 10.5 Å². The molecule has 1 aliphatic carbocycles. The van der Waals surface area contributed by atoms with Gasteiger partial charge in [0.1, 0.15) is 0 Å². The van der Waals surface area contributed by atoms with E-state index in [0.29, 0.717) is 6.42 Å². The van der Waals surface area contributed by atoms with Gasteiger partial charge in [0, 0.05) is 6.04 Å². The van der Waals surface area contributed by atoms with E-state index in [-0.39, 0.29) is 42.6 Å². The Morgan fingerprint density at radius 3 is 2.73 bits per heavy atom. The highest BCUT2D eigenvalue weighted by atomic mass is 19.1. The van der Waals surface area contributed by atoms with Crippen molar-refractivity contribution >= 4 is 11.8 Å². The van der Waals surface area contributed by atoms with Crippen molar-refractivity contribution in [3.63, 3.8) is 0 Å². The summed E-state index contributed by atoms with van der Waals surface area (Å²) in [6.07, 6.45) is 3.51. The van der Waals surface area contributed by atoms with Gasteiger partial charge in [-0.05, 0) is 25.0 Å². The number of para-hydroxylation sites is 1. The number of rotatable bonds is 6. The van der Waals surface area contributed by atoms with Crippen molar-refractivity contribution < 1.29 is 18.7 Å². The highest BCUT2D eigenvalue weighted by molar-refractivity contribution is 5.80. The first kappa shape index (κ1) is 16.3. The Hall–Kier alpha value is -2.11. The predicted molar refractivity (Wildman–Crippen MR) is 79.6 cm³/mol. The summed E-state index contributed by atoms with van der Waals surface area (Å²) in [5.74, 6) is -1.21. The van der Waals surface area contributed by atoms with Gasteiger partial charge in [-0.15, -0.1) is 0 Å². The van der Waals surface area contributed by atoms with E-state index in [1.807, 2.05) is 0 Å². The van der Waals surface area contributed by atoms with E-state index in [1.165, 1.54) is 12.1 Å². The van der Waals surface area contributed by atoms with Crippen LogP contribution in [0.3, 0.4) is 0 Å². The minimum atomic E-state index is -0.455. The number of primary amides is 1. The molecule has 1 fully saturated rings. The minimum absolute atomic E-state index is 0.0841. The van der Waals surface area contributed by atoms with Crippen LogP contribution in [0.2, 0.25) is 0 Å². The summed E-state index contributed by atoms with van der Waals surface area (Å²) in [5.41, 5.74) is 5.37. The van der Waals surface area contributed by atoms with Crippen LogP contribution in [-0.4, -0.2) is 24.5 Å². The average molecular weight is 308 g/mol. The lowest BCUT2D eigenvalue weighted by atomic mass is 9.84. The Morgan fingerprint density at radius 2 is 2.00 bits per heavy atom. The summed E-state index contributed by atoms with van der Waals surface area (Å²) in [6, 6.07) is 5.85. The Labute approximate surface area is 129 Å². The van der Waals surface area contributed by atoms with Gasteiger partial charge in [0.25, 0.3) is 0 Å². The molecule has 1 aromatic rings. The second-order valence-electron chi connectivity index (χ2n) is 5.50. The van der Waals surface area contributed by atoms with Crippen molar-refractivity contribution in [1.29, 1.82) is 0 Å². The second kappa shape index (κ2) is 7.77. The number of benzene rings is 1. The van der Waals surface area contributed by atoms with Gasteiger partial charge in [-0.3, -0.25) is 9.59 Å². The van der Waals surface area contributed by atoms with Crippen LogP contribution in [0, 0.1) is 11.7 Å². The normalized spacial score (nSPS) is 21.1. The SMILES string of the molecule is NC(=O)[C@@H]1CCCC[C@H]1NC(=O)CCOc1ccccc1F. The molecule has 2 rings (SSSR count). The summed E-state index contributed by atoms with van der Waals surface area (Å²) in [4.78, 5) is 23.3. The summed E-state index contributed by atoms with van der Waals surface area (Å²) in [6.45, 7) is 0.0841. The minimum Gasteiger partial charge on any atom is -0.490 e. The molecule has 0 aromatic heterocycles. The molecular weight excluding hydrogens is 287 g/mol. The molecule has 0 heterocycles. The zero-order chi connectivity index (χ0) is 15.9. The first-order valence-electron chi connectivity index (χ1n) is 7.54. The van der Waals surface area contributed by atoms with E-state index in [9.17, 15) is 14.0 Å². The second-order valence-corrected chi connectivity index (χ2v) is 5.50. The fourth-order valence-corrected chi connectivity index (χ4v) is 2.74. The van der Waals surface area contributed by atoms with Gasteiger partial charge in [-0.2, -0.15) is 0 Å². The average Bonchev–Trinajstić information content (AvgIpc) is 2.49. The van der Waals surface area contributed by atoms with Gasteiger partial charge < -0.3 is 15.8 Å². The highest BCUT2D eigenvalue weighted by Gasteiger charge is 2.30. The van der Waals surface area contributed by atoms with Crippen molar-refractivity contribution in [1.82, 2.24) is 5.32 Å². The molecule has 120 valence electrons. The number of hydrogen-bond acceptors (Lipinski definition) is 3. The lowest BCUT2D eigenvalue weighted by molar-refractivity contribution is -0.126. The molecule has 2 atom stereocenters. The maximum Gasteiger partial charge on any atom is 0.223 e. The third-order valence-corrected chi connectivity index (χ3v) is 3.90. The van der Waals surface area contributed by atoms with E-state index in [2.05, 4.69) is 5.32 Å². The van der Waals surface area contributed by atoms with Crippen molar-refractivity contribution in [2.75, 3.05) is 6.61 Å². The van der Waals surface area contributed by atoms with Crippen LogP contribution >= 0.6 is 0 Å². The number of halogens is 1. The number of carbonyl (C=O) groups excluding carboxylic acids is 2. The number of hydrogen-bond donors (Lipinski definition) is 2. The molecule has 1 aliphatic rings. The smallest absolute Gasteiger partial charge is 0.223 e. The number of ether oxygens (including phenoxy) is 1. The largest absolute Gasteiger partial charge is 0.490 e. The third-order valence-electron chi connectivity index (χ3n) is 3.90. The summed E-state index contributed by atoms with van der Waals surface area (Å²) in [7, 11) is 0. The molecule has 5 nitrogen and oxygen atoms in total. The number of nitrogens with one attached hydrogen (secondary N) is 1. The van der Waals surface area contributed by atoms with Gasteiger partial charge >= 0.3 is 0 Å². The molecule has 22 heavy (non-hydrogen) atoms. The van der Waals surface area contributed by atoms with Crippen LogP contribution in [0.4, 0.5) is 4.39 Å². The van der Waals surface area contributed by atoms with Crippen LogP contribution in [0.5, 0.6) is 5.75 Å². The van der Waals surface area contributed by atoms with Gasteiger partial charge in [-0.25, -0.2) is 4.39 Å². The molecule has 6 heteroatoms. The van der Waals surface area contributed by atoms with Crippen LogP contribution in [0.1, 0.15) is 32.1 Å². The van der Waals surface area contributed by atoms with Crippen molar-refractivity contribution in [3.8, 4) is 5.75 Å². The topological polar surface area (TPSA) is 81.4 Å². The Bertz CT molecular complexity index is 536. The maximum absolute atomic E-state index is 13.3. The summed E-state index contributed by atoms with van der Waals surface area (Å²) < 4.78 is 18.6. The quantitative estimate of drug-likeness (QED) is 0.840. The van der Waals surface area contributed by atoms with Crippen LogP contribution in [0.25, 0.3) is 0 Å². The molecule has 0 aliphatic heterocycles. The van der Waals surface area contributed by atoms with E-state index >= 15 is 0 Å². The molecule has 1 saturated carbocycles. The number of nitrogens with two attached hydrogens (primary N) is 1. The molecule has 0 radical (unpaired) electrons. The lowest BCUT2D eigenvalue weighted by Crippen LogP contribution is -2.47. The zero-order valence-electron chi connectivity index (χ0n) is 12.4. The Balaban J connectivity index is 1.78. The van der Waals surface area contributed by atoms with E-state index < -0.39 is 5.82 Å². The van der Waals surface area contributed by atoms with E-state index in [1.54, 1.807) is 12.1 Å². The molecule has 0 unspecified atom stereocenters. The van der Waals surface area contributed by atoms with Gasteiger partial charge in [0.2, 0.25) is 11.8 Å². The van der Waals surface area contributed by atoms with Crippen LogP contribution in [-0.2, 0) is 9.59 Å². The number of amides is 2. The first-order chi connectivity index (χ1) is 10.6. The van der Waals surface area contributed by atoms with Crippen molar-refractivity contribution in [2.24, 2.45) is 11.7 Å². The summed E-state index contributed by atoms with van der Waals surface area (Å²) >= 11 is 0. The van der Waals surface area contributed by atoms with E-state index in [0.717, 1.165) is 19.3 Å². The molecule has 3 N–H and O–H groups in total. The monoisotopic (exact) mass is 308 g/mol. The molecule has 2 amide bonds. The number of carbonyl (C=O) groups is 2. The third kappa shape index (κ3) is 4.44. The molecular formula is C16H21FN2O3. The standard InChI is InChI=1S/C16H21FN2O3/c17-12-6-2-4-8-14(12)22-10-9-15(20)19-13-7-3-1-5-11(13)16(18)21/h2,4,6,8,11,13H,1,3,5,7,9-10H2,(H2,18,21)(H,19,20)/t11-,13-/m1/s1. The molecule has 0 bridgehead atoms. The Kier molecular flexibility index (Phi) is 5.75. The predicted octanol–water partition coefficient (Wildman–Crippen LogP) is 1.75. The fourth-order valence-electron chi connectivity index (χ4n) is 2.74. The fraction of sp³-hybridized carbons (Fsp3) is 0.500. The first-order valence-corrected chi connectivity index (χ1v) is 7.54. The molecule has 0 saturated heterocycles. The van der Waals surface area contributed by atoms with Gasteiger partial charge in [0.05, 0.1) is 18.9 Å². The van der Waals surface area contributed by atoms with Gasteiger partial charge in [0.15, 0.2) is 11.6 Å². The van der Waals surface area contributed by atoms with Crippen molar-refractivity contribution in [3.05, 3.63) is 30.1 Å². The highest BCUT2D eigenvalue weighted by Crippen LogP contribution is 2.24. The molecule has 1 aromatic carbocycles. The zero-order valence-corrected chi connectivity index (χ0v) is 12.4. The Morgan fingerprint density at radius 1 is 1.27 bits per heavy atom. The van der Waals surface area contributed by atoms with Crippen LogP contribution in [0.15, 0.2) is 24.3 Å². The molecule has 0 spiro atoms. The van der Waals surface area contributed by atoms with Gasteiger partial charge in [-0.1, -0.05) is 25.0 Å². The van der Waals surface area contributed by atoms with Crippen LogP contribution < -0.4 is 15.8 Å². The lowest BCUT2D eigenvalue weighted by Gasteiger charge is -2.29. The van der Waals surface area contributed by atoms with Crippen molar-refractivity contribution in [2.45, 2.75) is 38.1 Å². The maximum atomic E-state index is 13.3.